The number of aromatic amines is 1. The van der Waals surface area contributed by atoms with Gasteiger partial charge in [-0.15, -0.1) is 0 Å². The number of H-pyrrole nitrogens is 1. The Hall–Kier alpha value is -2.30. The second-order valence-electron chi connectivity index (χ2n) is 5.15. The standard InChI is InChI=1S/C16H20N2O3/c1-9(2)15-17-14(10(3)16(19)18-15)11-6-7-12(20-4)13(8-11)21-5/h6-9H,1-5H3,(H,17,18,19). The first-order valence-electron chi connectivity index (χ1n) is 6.81. The molecule has 112 valence electrons. The lowest BCUT2D eigenvalue weighted by Crippen LogP contribution is -2.16. The molecule has 5 heteroatoms. The first kappa shape index (κ1) is 15.1. The van der Waals surface area contributed by atoms with Gasteiger partial charge in [0.25, 0.3) is 5.56 Å². The molecule has 0 aliphatic heterocycles. The van der Waals surface area contributed by atoms with E-state index < -0.39 is 0 Å². The Kier molecular flexibility index (Phi) is 4.31. The maximum absolute atomic E-state index is 12.1. The number of hydrogen-bond donors (Lipinski definition) is 1. The zero-order valence-electron chi connectivity index (χ0n) is 13.0. The highest BCUT2D eigenvalue weighted by Crippen LogP contribution is 2.32. The zero-order chi connectivity index (χ0) is 15.6. The zero-order valence-corrected chi connectivity index (χ0v) is 13.0. The first-order valence-corrected chi connectivity index (χ1v) is 6.81. The molecule has 0 saturated heterocycles. The van der Waals surface area contributed by atoms with Gasteiger partial charge in [0.1, 0.15) is 5.82 Å². The minimum Gasteiger partial charge on any atom is -0.493 e. The van der Waals surface area contributed by atoms with E-state index in [0.717, 1.165) is 5.56 Å². The van der Waals surface area contributed by atoms with Gasteiger partial charge in [-0.25, -0.2) is 4.98 Å². The van der Waals surface area contributed by atoms with Gasteiger partial charge >= 0.3 is 0 Å². The molecule has 1 aromatic carbocycles. The van der Waals surface area contributed by atoms with Crippen molar-refractivity contribution in [1.82, 2.24) is 9.97 Å². The van der Waals surface area contributed by atoms with Crippen molar-refractivity contribution in [3.63, 3.8) is 0 Å². The van der Waals surface area contributed by atoms with Crippen LogP contribution < -0.4 is 15.0 Å². The molecule has 1 heterocycles. The van der Waals surface area contributed by atoms with Gasteiger partial charge in [0.05, 0.1) is 19.9 Å². The van der Waals surface area contributed by atoms with Gasteiger partial charge < -0.3 is 14.5 Å². The Balaban J connectivity index is 2.63. The van der Waals surface area contributed by atoms with Gasteiger partial charge in [-0.1, -0.05) is 13.8 Å². The number of nitrogens with one attached hydrogen (secondary N) is 1. The van der Waals surface area contributed by atoms with Gasteiger partial charge in [0.2, 0.25) is 0 Å². The topological polar surface area (TPSA) is 64.2 Å². The van der Waals surface area contributed by atoms with E-state index >= 15 is 0 Å². The molecule has 0 saturated carbocycles. The van der Waals surface area contributed by atoms with Gasteiger partial charge in [-0.05, 0) is 25.1 Å². The molecular formula is C16H20N2O3. The number of rotatable bonds is 4. The molecule has 1 aromatic heterocycles. The summed E-state index contributed by atoms with van der Waals surface area (Å²) in [5.74, 6) is 2.09. The van der Waals surface area contributed by atoms with Crippen LogP contribution in [0.25, 0.3) is 11.3 Å². The SMILES string of the molecule is COc1ccc(-c2nc(C(C)C)[nH]c(=O)c2C)cc1OC. The van der Waals surface area contributed by atoms with Crippen LogP contribution in [0.1, 0.15) is 31.2 Å². The van der Waals surface area contributed by atoms with Crippen LogP contribution in [0.5, 0.6) is 11.5 Å². The normalized spacial score (nSPS) is 10.8. The summed E-state index contributed by atoms with van der Waals surface area (Å²) in [5, 5.41) is 0. The molecule has 0 atom stereocenters. The fourth-order valence-electron chi connectivity index (χ4n) is 2.09. The summed E-state index contributed by atoms with van der Waals surface area (Å²) < 4.78 is 10.5. The van der Waals surface area contributed by atoms with Crippen molar-refractivity contribution < 1.29 is 9.47 Å². The van der Waals surface area contributed by atoms with Gasteiger partial charge in [0.15, 0.2) is 11.5 Å². The molecule has 0 radical (unpaired) electrons. The molecule has 1 N–H and O–H groups in total. The van der Waals surface area contributed by atoms with E-state index in [9.17, 15) is 4.79 Å². The van der Waals surface area contributed by atoms with E-state index in [-0.39, 0.29) is 11.5 Å². The van der Waals surface area contributed by atoms with Crippen molar-refractivity contribution in [2.24, 2.45) is 0 Å². The minimum absolute atomic E-state index is 0.113. The summed E-state index contributed by atoms with van der Waals surface area (Å²) in [4.78, 5) is 19.5. The predicted molar refractivity (Wildman–Crippen MR) is 82.2 cm³/mol. The quantitative estimate of drug-likeness (QED) is 0.939. The fourth-order valence-corrected chi connectivity index (χ4v) is 2.09. The highest BCUT2D eigenvalue weighted by molar-refractivity contribution is 5.66. The van der Waals surface area contributed by atoms with Crippen molar-refractivity contribution in [3.8, 4) is 22.8 Å². The number of ether oxygens (including phenoxy) is 2. The average molecular weight is 288 g/mol. The highest BCUT2D eigenvalue weighted by Gasteiger charge is 2.14. The predicted octanol–water partition coefficient (Wildman–Crippen LogP) is 2.89. The Labute approximate surface area is 124 Å². The molecule has 0 aliphatic carbocycles. The van der Waals surface area contributed by atoms with Gasteiger partial charge in [0, 0.05) is 17.0 Å². The molecular weight excluding hydrogens is 268 g/mol. The molecule has 0 aliphatic rings. The molecule has 2 aromatic rings. The molecule has 0 bridgehead atoms. The number of hydrogen-bond acceptors (Lipinski definition) is 4. The van der Waals surface area contributed by atoms with E-state index in [1.807, 2.05) is 32.0 Å². The smallest absolute Gasteiger partial charge is 0.254 e. The molecule has 0 unspecified atom stereocenters. The van der Waals surface area contributed by atoms with Crippen molar-refractivity contribution >= 4 is 0 Å². The van der Waals surface area contributed by atoms with E-state index in [1.165, 1.54) is 0 Å². The third kappa shape index (κ3) is 2.91. The highest BCUT2D eigenvalue weighted by atomic mass is 16.5. The van der Waals surface area contributed by atoms with Gasteiger partial charge in [-0.2, -0.15) is 0 Å². The third-order valence-corrected chi connectivity index (χ3v) is 3.37. The van der Waals surface area contributed by atoms with E-state index in [1.54, 1.807) is 21.1 Å². The molecule has 0 fully saturated rings. The molecule has 2 rings (SSSR count). The molecule has 21 heavy (non-hydrogen) atoms. The Morgan fingerprint density at radius 1 is 1.14 bits per heavy atom. The Bertz CT molecular complexity index is 705. The van der Waals surface area contributed by atoms with Crippen molar-refractivity contribution in [2.45, 2.75) is 26.7 Å². The first-order chi connectivity index (χ1) is 9.97. The van der Waals surface area contributed by atoms with Crippen molar-refractivity contribution in [1.29, 1.82) is 0 Å². The monoisotopic (exact) mass is 288 g/mol. The number of nitrogens with zero attached hydrogens (tertiary/aromatic N) is 1. The summed E-state index contributed by atoms with van der Waals surface area (Å²) in [6.45, 7) is 5.75. The third-order valence-electron chi connectivity index (χ3n) is 3.37. The summed E-state index contributed by atoms with van der Waals surface area (Å²) in [6.07, 6.45) is 0. The van der Waals surface area contributed by atoms with E-state index in [4.69, 9.17) is 9.47 Å². The van der Waals surface area contributed by atoms with Crippen molar-refractivity contribution in [2.75, 3.05) is 14.2 Å². The summed E-state index contributed by atoms with van der Waals surface area (Å²) in [5.41, 5.74) is 1.98. The molecule has 0 spiro atoms. The van der Waals surface area contributed by atoms with Crippen LogP contribution in [0.15, 0.2) is 23.0 Å². The maximum atomic E-state index is 12.1. The van der Waals surface area contributed by atoms with Crippen LogP contribution in [0, 0.1) is 6.92 Å². The number of methoxy groups -OCH3 is 2. The lowest BCUT2D eigenvalue weighted by Gasteiger charge is -2.12. The largest absolute Gasteiger partial charge is 0.493 e. The van der Waals surface area contributed by atoms with Crippen LogP contribution in [0.4, 0.5) is 0 Å². The summed E-state index contributed by atoms with van der Waals surface area (Å²) in [7, 11) is 3.17. The van der Waals surface area contributed by atoms with E-state index in [2.05, 4.69) is 9.97 Å². The van der Waals surface area contributed by atoms with Crippen LogP contribution in [-0.2, 0) is 0 Å². The summed E-state index contributed by atoms with van der Waals surface area (Å²) in [6, 6.07) is 5.52. The molecule has 5 nitrogen and oxygen atoms in total. The Morgan fingerprint density at radius 2 is 1.81 bits per heavy atom. The average Bonchev–Trinajstić information content (AvgIpc) is 2.48. The number of benzene rings is 1. The second kappa shape index (κ2) is 5.99. The van der Waals surface area contributed by atoms with Crippen molar-refractivity contribution in [3.05, 3.63) is 39.9 Å². The van der Waals surface area contributed by atoms with Crippen LogP contribution in [0.2, 0.25) is 0 Å². The fraction of sp³-hybridized carbons (Fsp3) is 0.375. The number of aromatic nitrogens is 2. The van der Waals surface area contributed by atoms with Crippen LogP contribution >= 0.6 is 0 Å². The lowest BCUT2D eigenvalue weighted by molar-refractivity contribution is 0.355. The van der Waals surface area contributed by atoms with E-state index in [0.29, 0.717) is 28.6 Å². The maximum Gasteiger partial charge on any atom is 0.254 e. The van der Waals surface area contributed by atoms with Gasteiger partial charge in [-0.3, -0.25) is 4.79 Å². The summed E-state index contributed by atoms with van der Waals surface area (Å²) >= 11 is 0. The Morgan fingerprint density at radius 3 is 2.38 bits per heavy atom. The lowest BCUT2D eigenvalue weighted by atomic mass is 10.1. The van der Waals surface area contributed by atoms with Crippen LogP contribution in [-0.4, -0.2) is 24.2 Å². The molecule has 0 amide bonds. The second-order valence-corrected chi connectivity index (χ2v) is 5.15. The van der Waals surface area contributed by atoms with Crippen LogP contribution in [0.3, 0.4) is 0 Å². The minimum atomic E-state index is -0.113.